The molecule has 0 bridgehead atoms. The van der Waals surface area contributed by atoms with Gasteiger partial charge in [0.15, 0.2) is 6.10 Å². The maximum Gasteiger partial charge on any atom is 0.261 e. The predicted octanol–water partition coefficient (Wildman–Crippen LogP) is 3.66. The summed E-state index contributed by atoms with van der Waals surface area (Å²) in [5, 5.41) is 2.87. The number of para-hydroxylation sites is 1. The summed E-state index contributed by atoms with van der Waals surface area (Å²) >= 11 is 0. The van der Waals surface area contributed by atoms with E-state index < -0.39 is 6.10 Å². The second-order valence-corrected chi connectivity index (χ2v) is 5.67. The molecule has 24 heavy (non-hydrogen) atoms. The third-order valence-corrected chi connectivity index (χ3v) is 3.90. The molecule has 2 aromatic rings. The molecule has 0 aliphatic rings. The first-order valence-corrected chi connectivity index (χ1v) is 8.30. The van der Waals surface area contributed by atoms with Crippen molar-refractivity contribution in [3.8, 4) is 11.5 Å². The van der Waals surface area contributed by atoms with Gasteiger partial charge in [0.25, 0.3) is 5.91 Å². The van der Waals surface area contributed by atoms with Crippen molar-refractivity contribution in [3.05, 3.63) is 59.7 Å². The van der Waals surface area contributed by atoms with E-state index in [-0.39, 0.29) is 5.91 Å². The summed E-state index contributed by atoms with van der Waals surface area (Å²) in [6.07, 6.45) is 0.112. The first kappa shape index (κ1) is 17.9. The number of benzene rings is 2. The van der Waals surface area contributed by atoms with Crippen LogP contribution in [0.4, 0.5) is 0 Å². The van der Waals surface area contributed by atoms with E-state index >= 15 is 0 Å². The third kappa shape index (κ3) is 5.01. The second-order valence-electron chi connectivity index (χ2n) is 5.67. The maximum atomic E-state index is 12.3. The molecule has 0 aromatic heterocycles. The average molecular weight is 327 g/mol. The molecule has 1 atom stereocenters. The maximum absolute atomic E-state index is 12.3. The zero-order chi connectivity index (χ0) is 17.4. The summed E-state index contributed by atoms with van der Waals surface area (Å²) < 4.78 is 11.5. The van der Waals surface area contributed by atoms with Gasteiger partial charge in [-0.1, -0.05) is 37.3 Å². The highest BCUT2D eigenvalue weighted by Crippen LogP contribution is 2.22. The van der Waals surface area contributed by atoms with Gasteiger partial charge in [0.05, 0.1) is 6.54 Å². The van der Waals surface area contributed by atoms with Crippen molar-refractivity contribution in [2.45, 2.75) is 33.3 Å². The van der Waals surface area contributed by atoms with Gasteiger partial charge in [-0.05, 0) is 49.6 Å². The number of carbonyl (C=O) groups excluding carboxylic acids is 1. The quantitative estimate of drug-likeness (QED) is 0.753. The predicted molar refractivity (Wildman–Crippen MR) is 95.6 cm³/mol. The van der Waals surface area contributed by atoms with Crippen LogP contribution < -0.4 is 14.8 Å². The fourth-order valence-corrected chi connectivity index (χ4v) is 2.30. The molecule has 4 nitrogen and oxygen atoms in total. The molecule has 0 saturated carbocycles. The van der Waals surface area contributed by atoms with Crippen LogP contribution in [0.25, 0.3) is 0 Å². The van der Waals surface area contributed by atoms with Crippen LogP contribution >= 0.6 is 0 Å². The van der Waals surface area contributed by atoms with Crippen LogP contribution in [0.1, 0.15) is 24.5 Å². The molecule has 1 amide bonds. The highest BCUT2D eigenvalue weighted by atomic mass is 16.5. The molecular weight excluding hydrogens is 302 g/mol. The first-order chi connectivity index (χ1) is 11.6. The highest BCUT2D eigenvalue weighted by molar-refractivity contribution is 5.81. The van der Waals surface area contributed by atoms with Crippen LogP contribution in [0.2, 0.25) is 0 Å². The van der Waals surface area contributed by atoms with Gasteiger partial charge < -0.3 is 14.8 Å². The van der Waals surface area contributed by atoms with E-state index in [9.17, 15) is 4.79 Å². The molecule has 0 spiro atoms. The number of hydrogen-bond donors (Lipinski definition) is 1. The van der Waals surface area contributed by atoms with E-state index in [2.05, 4.69) is 5.32 Å². The lowest BCUT2D eigenvalue weighted by atomic mass is 10.1. The van der Waals surface area contributed by atoms with Crippen molar-refractivity contribution < 1.29 is 14.3 Å². The Morgan fingerprint density at radius 2 is 1.83 bits per heavy atom. The molecule has 4 heteroatoms. The van der Waals surface area contributed by atoms with Crippen LogP contribution in [0.5, 0.6) is 11.5 Å². The Morgan fingerprint density at radius 3 is 2.54 bits per heavy atom. The van der Waals surface area contributed by atoms with E-state index in [1.807, 2.05) is 69.3 Å². The summed E-state index contributed by atoms with van der Waals surface area (Å²) in [5.74, 6) is 1.44. The Morgan fingerprint density at radius 1 is 1.08 bits per heavy atom. The fourth-order valence-electron chi connectivity index (χ4n) is 2.30. The van der Waals surface area contributed by atoms with E-state index in [1.54, 1.807) is 0 Å². The molecule has 0 aliphatic heterocycles. The van der Waals surface area contributed by atoms with Gasteiger partial charge in [0.2, 0.25) is 0 Å². The van der Waals surface area contributed by atoms with Gasteiger partial charge in [0.1, 0.15) is 18.1 Å². The lowest BCUT2D eigenvalue weighted by Gasteiger charge is -2.19. The van der Waals surface area contributed by atoms with E-state index in [4.69, 9.17) is 9.47 Å². The van der Waals surface area contributed by atoms with Gasteiger partial charge >= 0.3 is 0 Å². The van der Waals surface area contributed by atoms with Crippen molar-refractivity contribution in [1.82, 2.24) is 5.32 Å². The first-order valence-electron chi connectivity index (χ1n) is 8.30. The molecule has 2 aromatic carbocycles. The zero-order valence-electron chi connectivity index (χ0n) is 14.5. The Bertz CT molecular complexity index is 655. The Kier molecular flexibility index (Phi) is 6.67. The minimum Gasteiger partial charge on any atom is -0.492 e. The minimum atomic E-state index is -0.498. The van der Waals surface area contributed by atoms with Gasteiger partial charge in [-0.2, -0.15) is 0 Å². The van der Waals surface area contributed by atoms with Crippen LogP contribution in [0.3, 0.4) is 0 Å². The largest absolute Gasteiger partial charge is 0.492 e. The zero-order valence-corrected chi connectivity index (χ0v) is 14.5. The van der Waals surface area contributed by atoms with Gasteiger partial charge in [-0.25, -0.2) is 0 Å². The summed E-state index contributed by atoms with van der Waals surface area (Å²) in [7, 11) is 0. The Balaban J connectivity index is 1.82. The number of aryl methyl sites for hydroxylation is 1. The van der Waals surface area contributed by atoms with Gasteiger partial charge in [0, 0.05) is 0 Å². The molecule has 0 unspecified atom stereocenters. The lowest BCUT2D eigenvalue weighted by Crippen LogP contribution is -2.39. The Hall–Kier alpha value is -2.49. The molecule has 1 N–H and O–H groups in total. The summed E-state index contributed by atoms with van der Waals surface area (Å²) in [6, 6.07) is 15.4. The number of ether oxygens (including phenoxy) is 2. The summed E-state index contributed by atoms with van der Waals surface area (Å²) in [4.78, 5) is 12.3. The Labute approximate surface area is 143 Å². The molecule has 0 saturated heterocycles. The molecule has 128 valence electrons. The van der Waals surface area contributed by atoms with Crippen molar-refractivity contribution in [2.24, 2.45) is 0 Å². The molecule has 0 radical (unpaired) electrons. The van der Waals surface area contributed by atoms with Gasteiger partial charge in [-0.15, -0.1) is 0 Å². The number of nitrogens with one attached hydrogen (secondary N) is 1. The SMILES string of the molecule is CC[C@@H](Oc1cccc(C)c1C)C(=O)NCCOc1ccccc1. The van der Waals surface area contributed by atoms with Gasteiger partial charge in [-0.3, -0.25) is 4.79 Å². The smallest absolute Gasteiger partial charge is 0.261 e. The normalized spacial score (nSPS) is 11.6. The number of rotatable bonds is 8. The van der Waals surface area contributed by atoms with E-state index in [0.717, 1.165) is 22.6 Å². The number of carbonyl (C=O) groups is 1. The monoisotopic (exact) mass is 327 g/mol. The van der Waals surface area contributed by atoms with Crippen LogP contribution in [-0.2, 0) is 4.79 Å². The molecule has 2 rings (SSSR count). The average Bonchev–Trinajstić information content (AvgIpc) is 2.60. The van der Waals surface area contributed by atoms with Crippen molar-refractivity contribution in [1.29, 1.82) is 0 Å². The van der Waals surface area contributed by atoms with Crippen molar-refractivity contribution >= 4 is 5.91 Å². The van der Waals surface area contributed by atoms with Crippen LogP contribution in [0.15, 0.2) is 48.5 Å². The summed E-state index contributed by atoms with van der Waals surface area (Å²) in [5.41, 5.74) is 2.22. The minimum absolute atomic E-state index is 0.116. The standard InChI is InChI=1S/C20H25NO3/c1-4-18(24-19-12-8-9-15(2)16(19)3)20(22)21-13-14-23-17-10-6-5-7-11-17/h5-12,18H,4,13-14H2,1-3H3,(H,21,22)/t18-/m1/s1. The van der Waals surface area contributed by atoms with Crippen molar-refractivity contribution in [3.63, 3.8) is 0 Å². The lowest BCUT2D eigenvalue weighted by molar-refractivity contribution is -0.128. The molecule has 0 aliphatic carbocycles. The van der Waals surface area contributed by atoms with Crippen LogP contribution in [-0.4, -0.2) is 25.2 Å². The van der Waals surface area contributed by atoms with Crippen molar-refractivity contribution in [2.75, 3.05) is 13.2 Å². The summed E-state index contributed by atoms with van der Waals surface area (Å²) in [6.45, 7) is 6.85. The van der Waals surface area contributed by atoms with E-state index in [0.29, 0.717) is 19.6 Å². The molecule has 0 heterocycles. The van der Waals surface area contributed by atoms with E-state index in [1.165, 1.54) is 0 Å². The topological polar surface area (TPSA) is 47.6 Å². The number of hydrogen-bond acceptors (Lipinski definition) is 3. The second kappa shape index (κ2) is 8.96. The molecule has 0 fully saturated rings. The fraction of sp³-hybridized carbons (Fsp3) is 0.350. The van der Waals surface area contributed by atoms with Crippen LogP contribution in [0, 0.1) is 13.8 Å². The highest BCUT2D eigenvalue weighted by Gasteiger charge is 2.19. The number of amides is 1. The molecular formula is C20H25NO3. The third-order valence-electron chi connectivity index (χ3n) is 3.90.